The first-order chi connectivity index (χ1) is 9.62. The maximum atomic E-state index is 13.5. The lowest BCUT2D eigenvalue weighted by Crippen LogP contribution is -2.36. The molecule has 0 spiro atoms. The molecule has 0 aliphatic rings. The van der Waals surface area contributed by atoms with E-state index in [9.17, 15) is 27.2 Å². The Morgan fingerprint density at radius 1 is 1.24 bits per heavy atom. The van der Waals surface area contributed by atoms with Crippen LogP contribution in [-0.4, -0.2) is 9.55 Å². The van der Waals surface area contributed by atoms with Crippen LogP contribution in [0.3, 0.4) is 0 Å². The van der Waals surface area contributed by atoms with Crippen LogP contribution in [0.25, 0.3) is 5.69 Å². The van der Waals surface area contributed by atoms with Gasteiger partial charge in [0.05, 0.1) is 11.3 Å². The molecule has 0 bridgehead atoms. The highest BCUT2D eigenvalue weighted by Crippen LogP contribution is 2.32. The summed E-state index contributed by atoms with van der Waals surface area (Å²) in [4.78, 5) is 25.2. The molecule has 0 amide bonds. The summed E-state index contributed by atoms with van der Waals surface area (Å²) in [6.07, 6.45) is -4.68. The molecule has 21 heavy (non-hydrogen) atoms. The van der Waals surface area contributed by atoms with E-state index in [1.807, 2.05) is 4.98 Å². The van der Waals surface area contributed by atoms with E-state index >= 15 is 0 Å². The van der Waals surface area contributed by atoms with Crippen LogP contribution in [0.5, 0.6) is 0 Å². The third-order valence-electron chi connectivity index (χ3n) is 2.52. The normalized spacial score (nSPS) is 11.7. The Kier molecular flexibility index (Phi) is 3.98. The Labute approximate surface area is 127 Å². The van der Waals surface area contributed by atoms with Gasteiger partial charge >= 0.3 is 11.9 Å². The van der Waals surface area contributed by atoms with Crippen LogP contribution >= 0.6 is 27.5 Å². The maximum absolute atomic E-state index is 13.5. The summed E-state index contributed by atoms with van der Waals surface area (Å²) < 4.78 is 51.7. The first-order valence-corrected chi connectivity index (χ1v) is 6.37. The predicted molar refractivity (Wildman–Crippen MR) is 70.3 cm³/mol. The van der Waals surface area contributed by atoms with E-state index in [2.05, 4.69) is 15.9 Å². The fourth-order valence-corrected chi connectivity index (χ4v) is 2.15. The van der Waals surface area contributed by atoms with Crippen molar-refractivity contribution in [2.75, 3.05) is 0 Å². The number of aromatic nitrogens is 2. The van der Waals surface area contributed by atoms with Gasteiger partial charge in [-0.1, -0.05) is 11.6 Å². The second-order valence-electron chi connectivity index (χ2n) is 3.86. The Hall–Kier alpha value is -1.61. The van der Waals surface area contributed by atoms with E-state index in [4.69, 9.17) is 11.6 Å². The summed E-state index contributed by atoms with van der Waals surface area (Å²) in [5.41, 5.74) is -4.16. The Balaban J connectivity index is 2.83. The molecule has 4 nitrogen and oxygen atoms in total. The van der Waals surface area contributed by atoms with Gasteiger partial charge in [-0.2, -0.15) is 17.6 Å². The van der Waals surface area contributed by atoms with Gasteiger partial charge in [-0.25, -0.2) is 9.36 Å². The molecule has 0 saturated heterocycles. The van der Waals surface area contributed by atoms with Crippen molar-refractivity contribution in [3.05, 3.63) is 60.0 Å². The summed E-state index contributed by atoms with van der Waals surface area (Å²) in [6, 6.07) is 2.30. The van der Waals surface area contributed by atoms with Crippen LogP contribution < -0.4 is 11.2 Å². The number of nitrogens with one attached hydrogen (secondary N) is 1. The topological polar surface area (TPSA) is 54.9 Å². The molecule has 10 heteroatoms. The second-order valence-corrected chi connectivity index (χ2v) is 5.09. The molecule has 1 aromatic carbocycles. The standard InChI is InChI=1S/C11H4BrClF4N2O2/c12-5-2-1-4(11(15,16)17)3-6(5)19-9(20)7(14)8(13)18-10(19)21/h1-3H,(H,18,21). The van der Waals surface area contributed by atoms with Crippen molar-refractivity contribution in [3.63, 3.8) is 0 Å². The lowest BCUT2D eigenvalue weighted by Gasteiger charge is -2.12. The van der Waals surface area contributed by atoms with Crippen molar-refractivity contribution in [2.45, 2.75) is 6.18 Å². The number of aromatic amines is 1. The van der Waals surface area contributed by atoms with Crippen molar-refractivity contribution in [2.24, 2.45) is 0 Å². The Morgan fingerprint density at radius 2 is 1.86 bits per heavy atom. The van der Waals surface area contributed by atoms with Gasteiger partial charge in [-0.15, -0.1) is 0 Å². The minimum absolute atomic E-state index is 0.00447. The monoisotopic (exact) mass is 386 g/mol. The minimum Gasteiger partial charge on any atom is -0.295 e. The van der Waals surface area contributed by atoms with E-state index < -0.39 is 39.6 Å². The van der Waals surface area contributed by atoms with Crippen molar-refractivity contribution >= 4 is 27.5 Å². The smallest absolute Gasteiger partial charge is 0.295 e. The molecule has 112 valence electrons. The lowest BCUT2D eigenvalue weighted by molar-refractivity contribution is -0.137. The van der Waals surface area contributed by atoms with Gasteiger partial charge in [0.25, 0.3) is 5.56 Å². The Bertz CT molecular complexity index is 828. The van der Waals surface area contributed by atoms with Crippen LogP contribution in [0.4, 0.5) is 17.6 Å². The number of hydrogen-bond acceptors (Lipinski definition) is 2. The third-order valence-corrected chi connectivity index (χ3v) is 3.45. The molecule has 0 fully saturated rings. The molecule has 0 aliphatic carbocycles. The molecule has 0 aliphatic heterocycles. The molecular formula is C11H4BrClF4N2O2. The van der Waals surface area contributed by atoms with Crippen LogP contribution in [0, 0.1) is 5.82 Å². The van der Waals surface area contributed by atoms with Crippen LogP contribution in [0.15, 0.2) is 32.3 Å². The van der Waals surface area contributed by atoms with E-state index in [-0.39, 0.29) is 9.04 Å². The maximum Gasteiger partial charge on any atom is 0.416 e. The molecule has 1 N–H and O–H groups in total. The Morgan fingerprint density at radius 3 is 2.43 bits per heavy atom. The van der Waals surface area contributed by atoms with Crippen molar-refractivity contribution in [3.8, 4) is 5.69 Å². The molecule has 0 atom stereocenters. The number of benzene rings is 1. The van der Waals surface area contributed by atoms with Crippen LogP contribution in [-0.2, 0) is 6.18 Å². The first kappa shape index (κ1) is 15.8. The summed E-state index contributed by atoms with van der Waals surface area (Å²) >= 11 is 8.20. The largest absolute Gasteiger partial charge is 0.416 e. The highest BCUT2D eigenvalue weighted by atomic mass is 79.9. The summed E-state index contributed by atoms with van der Waals surface area (Å²) in [5.74, 6) is -1.47. The molecule has 0 unspecified atom stereocenters. The van der Waals surface area contributed by atoms with Crippen LogP contribution in [0.2, 0.25) is 5.15 Å². The summed E-state index contributed by atoms with van der Waals surface area (Å²) in [5, 5.41) is -0.815. The zero-order valence-corrected chi connectivity index (χ0v) is 12.1. The number of rotatable bonds is 1. The fraction of sp³-hybridized carbons (Fsp3) is 0.0909. The quantitative estimate of drug-likeness (QED) is 0.604. The average molecular weight is 388 g/mol. The lowest BCUT2D eigenvalue weighted by atomic mass is 10.2. The molecule has 2 rings (SSSR count). The zero-order valence-electron chi connectivity index (χ0n) is 9.76. The first-order valence-electron chi connectivity index (χ1n) is 5.20. The van der Waals surface area contributed by atoms with Crippen molar-refractivity contribution in [1.82, 2.24) is 9.55 Å². The van der Waals surface area contributed by atoms with Crippen molar-refractivity contribution in [1.29, 1.82) is 0 Å². The zero-order chi connectivity index (χ0) is 15.9. The number of H-pyrrole nitrogens is 1. The molecule has 1 heterocycles. The molecular weight excluding hydrogens is 383 g/mol. The van der Waals surface area contributed by atoms with Gasteiger partial charge in [-0.05, 0) is 34.1 Å². The van der Waals surface area contributed by atoms with Gasteiger partial charge in [0, 0.05) is 4.47 Å². The van der Waals surface area contributed by atoms with Crippen LogP contribution in [0.1, 0.15) is 5.56 Å². The molecule has 1 aromatic heterocycles. The SMILES string of the molecule is O=c1[nH]c(Cl)c(F)c(=O)n1-c1cc(C(F)(F)F)ccc1Br. The van der Waals surface area contributed by atoms with E-state index in [1.54, 1.807) is 0 Å². The number of nitrogens with zero attached hydrogens (tertiary/aromatic N) is 1. The van der Waals surface area contributed by atoms with Crippen molar-refractivity contribution < 1.29 is 17.6 Å². The highest BCUT2D eigenvalue weighted by Gasteiger charge is 2.31. The fourth-order valence-electron chi connectivity index (χ4n) is 1.57. The average Bonchev–Trinajstić information content (AvgIpc) is 2.37. The van der Waals surface area contributed by atoms with E-state index in [0.717, 1.165) is 12.1 Å². The summed E-state index contributed by atoms with van der Waals surface area (Å²) in [6.45, 7) is 0. The second kappa shape index (κ2) is 5.30. The van der Waals surface area contributed by atoms with Gasteiger partial charge in [0.15, 0.2) is 5.15 Å². The molecule has 0 radical (unpaired) electrons. The molecule has 2 aromatic rings. The number of hydrogen-bond donors (Lipinski definition) is 1. The highest BCUT2D eigenvalue weighted by molar-refractivity contribution is 9.10. The van der Waals surface area contributed by atoms with E-state index in [1.165, 1.54) is 0 Å². The molecule has 0 saturated carbocycles. The third kappa shape index (κ3) is 2.88. The van der Waals surface area contributed by atoms with Gasteiger partial charge in [0.2, 0.25) is 5.82 Å². The number of alkyl halides is 3. The van der Waals surface area contributed by atoms with Gasteiger partial charge < -0.3 is 0 Å². The van der Waals surface area contributed by atoms with Gasteiger partial charge in [-0.3, -0.25) is 9.78 Å². The summed E-state index contributed by atoms with van der Waals surface area (Å²) in [7, 11) is 0. The predicted octanol–water partition coefficient (Wildman–Crippen LogP) is 3.10. The minimum atomic E-state index is -4.68. The van der Waals surface area contributed by atoms with Gasteiger partial charge in [0.1, 0.15) is 0 Å². The van der Waals surface area contributed by atoms with E-state index in [0.29, 0.717) is 6.07 Å². The number of halogens is 6.